The van der Waals surface area contributed by atoms with E-state index in [1.165, 1.54) is 6.92 Å². The molecule has 0 aromatic heterocycles. The van der Waals surface area contributed by atoms with Crippen LogP contribution in [0.4, 0.5) is 13.2 Å². The van der Waals surface area contributed by atoms with Gasteiger partial charge in [-0.25, -0.2) is 0 Å². The summed E-state index contributed by atoms with van der Waals surface area (Å²) >= 11 is 0. The van der Waals surface area contributed by atoms with Gasteiger partial charge in [-0.15, -0.1) is 0 Å². The monoisotopic (exact) mass is 266 g/mol. The predicted molar refractivity (Wildman–Crippen MR) is 63.1 cm³/mol. The van der Waals surface area contributed by atoms with Crippen molar-refractivity contribution in [1.82, 2.24) is 10.6 Å². The average Bonchev–Trinajstić information content (AvgIpc) is 2.27. The molecular formula is C12H21F3N2O. The molecule has 1 fully saturated rings. The largest absolute Gasteiger partial charge is 0.391 e. The minimum absolute atomic E-state index is 0.233. The van der Waals surface area contributed by atoms with Crippen LogP contribution < -0.4 is 10.6 Å². The maximum absolute atomic E-state index is 12.2. The van der Waals surface area contributed by atoms with Gasteiger partial charge in [0.2, 0.25) is 5.91 Å². The van der Waals surface area contributed by atoms with Gasteiger partial charge in [-0.2, -0.15) is 13.2 Å². The Kier molecular flexibility index (Phi) is 5.01. The molecule has 0 bridgehead atoms. The number of piperidine rings is 1. The summed E-state index contributed by atoms with van der Waals surface area (Å²) < 4.78 is 36.6. The zero-order chi connectivity index (χ0) is 13.8. The third kappa shape index (κ3) is 4.15. The van der Waals surface area contributed by atoms with Gasteiger partial charge in [0, 0.05) is 6.04 Å². The molecule has 1 aliphatic heterocycles. The van der Waals surface area contributed by atoms with Crippen LogP contribution in [0, 0.1) is 5.41 Å². The summed E-state index contributed by atoms with van der Waals surface area (Å²) in [5.41, 5.74) is -0.495. The Hall–Kier alpha value is -0.780. The van der Waals surface area contributed by atoms with E-state index in [1.54, 1.807) is 0 Å². The number of halogens is 3. The van der Waals surface area contributed by atoms with Gasteiger partial charge >= 0.3 is 6.18 Å². The average molecular weight is 266 g/mol. The zero-order valence-corrected chi connectivity index (χ0v) is 10.9. The highest BCUT2D eigenvalue weighted by atomic mass is 19.4. The van der Waals surface area contributed by atoms with Gasteiger partial charge in [0.25, 0.3) is 0 Å². The lowest BCUT2D eigenvalue weighted by Gasteiger charge is -2.36. The van der Waals surface area contributed by atoms with Crippen LogP contribution in [-0.4, -0.2) is 31.2 Å². The van der Waals surface area contributed by atoms with Crippen LogP contribution in [0.15, 0.2) is 0 Å². The van der Waals surface area contributed by atoms with Gasteiger partial charge in [0.05, 0.1) is 11.8 Å². The van der Waals surface area contributed by atoms with Gasteiger partial charge in [-0.05, 0) is 39.3 Å². The van der Waals surface area contributed by atoms with E-state index in [0.29, 0.717) is 19.3 Å². The lowest BCUT2D eigenvalue weighted by atomic mass is 9.75. The molecule has 1 rings (SSSR count). The molecule has 0 spiro atoms. The van der Waals surface area contributed by atoms with Crippen LogP contribution in [0.3, 0.4) is 0 Å². The van der Waals surface area contributed by atoms with Gasteiger partial charge in [-0.3, -0.25) is 4.79 Å². The van der Waals surface area contributed by atoms with Crippen LogP contribution in [0.1, 0.15) is 39.5 Å². The van der Waals surface area contributed by atoms with E-state index in [0.717, 1.165) is 13.1 Å². The molecule has 0 saturated carbocycles. The maximum atomic E-state index is 12.2. The first-order chi connectivity index (χ1) is 8.29. The van der Waals surface area contributed by atoms with Gasteiger partial charge < -0.3 is 10.6 Å². The fourth-order valence-corrected chi connectivity index (χ4v) is 2.42. The molecule has 18 heavy (non-hydrogen) atoms. The summed E-state index contributed by atoms with van der Waals surface area (Å²) in [6, 6.07) is -0.865. The molecule has 1 saturated heterocycles. The summed E-state index contributed by atoms with van der Waals surface area (Å²) in [5, 5.41) is 5.67. The van der Waals surface area contributed by atoms with Crippen molar-refractivity contribution in [2.24, 2.45) is 5.41 Å². The lowest BCUT2D eigenvalue weighted by Crippen LogP contribution is -2.50. The number of rotatable bonds is 4. The Bertz CT molecular complexity index is 286. The molecule has 1 unspecified atom stereocenters. The normalized spacial score (nSPS) is 21.4. The second-order valence-electron chi connectivity index (χ2n) is 5.08. The second-order valence-corrected chi connectivity index (χ2v) is 5.08. The molecule has 0 aromatic carbocycles. The minimum atomic E-state index is -4.24. The van der Waals surface area contributed by atoms with Crippen molar-refractivity contribution in [3.05, 3.63) is 0 Å². The molecule has 1 atom stereocenters. The highest BCUT2D eigenvalue weighted by Gasteiger charge is 2.39. The third-order valence-corrected chi connectivity index (χ3v) is 3.63. The topological polar surface area (TPSA) is 41.1 Å². The minimum Gasteiger partial charge on any atom is -0.353 e. The van der Waals surface area contributed by atoms with Crippen LogP contribution >= 0.6 is 0 Å². The Balaban J connectivity index is 2.57. The molecule has 1 aliphatic rings. The quantitative estimate of drug-likeness (QED) is 0.819. The first kappa shape index (κ1) is 15.3. The van der Waals surface area contributed by atoms with E-state index in [2.05, 4.69) is 10.6 Å². The van der Waals surface area contributed by atoms with E-state index in [1.807, 2.05) is 6.92 Å². The summed E-state index contributed by atoms with van der Waals surface area (Å²) in [6.45, 7) is 4.80. The third-order valence-electron chi connectivity index (χ3n) is 3.63. The lowest BCUT2D eigenvalue weighted by molar-refractivity contribution is -0.144. The van der Waals surface area contributed by atoms with Crippen molar-refractivity contribution >= 4 is 5.91 Å². The molecule has 0 aliphatic carbocycles. The second kappa shape index (κ2) is 5.91. The molecule has 1 heterocycles. The van der Waals surface area contributed by atoms with Crippen LogP contribution in [0.25, 0.3) is 0 Å². The molecule has 2 N–H and O–H groups in total. The molecule has 0 aromatic rings. The van der Waals surface area contributed by atoms with Gasteiger partial charge in [0.15, 0.2) is 0 Å². The molecule has 3 nitrogen and oxygen atoms in total. The van der Waals surface area contributed by atoms with E-state index in [9.17, 15) is 18.0 Å². The first-order valence-electron chi connectivity index (χ1n) is 6.37. The number of amides is 1. The Labute approximate surface area is 106 Å². The van der Waals surface area contributed by atoms with Crippen molar-refractivity contribution in [2.45, 2.75) is 51.7 Å². The highest BCUT2D eigenvalue weighted by Crippen LogP contribution is 2.33. The first-order valence-corrected chi connectivity index (χ1v) is 6.37. The molecule has 1 amide bonds. The standard InChI is InChI=1S/C12H21F3N2O/c1-3-11(4-6-16-7-5-11)10(18)17-9(2)8-12(13,14)15/h9,16H,3-8H2,1-2H3,(H,17,18). The van der Waals surface area contributed by atoms with E-state index >= 15 is 0 Å². The zero-order valence-electron chi connectivity index (χ0n) is 10.9. The number of hydrogen-bond acceptors (Lipinski definition) is 2. The fourth-order valence-electron chi connectivity index (χ4n) is 2.42. The smallest absolute Gasteiger partial charge is 0.353 e. The van der Waals surface area contributed by atoms with Crippen molar-refractivity contribution in [1.29, 1.82) is 0 Å². The predicted octanol–water partition coefficient (Wildman–Crippen LogP) is 2.22. The Morgan fingerprint density at radius 3 is 2.39 bits per heavy atom. The van der Waals surface area contributed by atoms with Gasteiger partial charge in [0.1, 0.15) is 0 Å². The number of alkyl halides is 3. The Morgan fingerprint density at radius 2 is 1.94 bits per heavy atom. The summed E-state index contributed by atoms with van der Waals surface area (Å²) in [5.74, 6) is -0.233. The van der Waals surface area contributed by atoms with Crippen LogP contribution in [0.2, 0.25) is 0 Å². The van der Waals surface area contributed by atoms with Crippen molar-refractivity contribution in [3.8, 4) is 0 Å². The summed E-state index contributed by atoms with van der Waals surface area (Å²) in [4.78, 5) is 12.1. The molecule has 6 heteroatoms. The summed E-state index contributed by atoms with van der Waals surface area (Å²) in [6.07, 6.45) is -3.17. The van der Waals surface area contributed by atoms with E-state index < -0.39 is 24.1 Å². The molecular weight excluding hydrogens is 245 g/mol. The SMILES string of the molecule is CCC1(C(=O)NC(C)CC(F)(F)F)CCNCC1. The number of hydrogen-bond donors (Lipinski definition) is 2. The van der Waals surface area contributed by atoms with Crippen LogP contribution in [0.5, 0.6) is 0 Å². The van der Waals surface area contributed by atoms with Crippen molar-refractivity contribution < 1.29 is 18.0 Å². The highest BCUT2D eigenvalue weighted by molar-refractivity contribution is 5.83. The molecule has 106 valence electrons. The van der Waals surface area contributed by atoms with Crippen LogP contribution in [-0.2, 0) is 4.79 Å². The Morgan fingerprint density at radius 1 is 1.39 bits per heavy atom. The summed E-state index contributed by atoms with van der Waals surface area (Å²) in [7, 11) is 0. The number of carbonyl (C=O) groups is 1. The maximum Gasteiger partial charge on any atom is 0.391 e. The van der Waals surface area contributed by atoms with E-state index in [4.69, 9.17) is 0 Å². The number of nitrogens with one attached hydrogen (secondary N) is 2. The fraction of sp³-hybridized carbons (Fsp3) is 0.917. The van der Waals surface area contributed by atoms with Crippen molar-refractivity contribution in [2.75, 3.05) is 13.1 Å². The van der Waals surface area contributed by atoms with Crippen molar-refractivity contribution in [3.63, 3.8) is 0 Å². The van der Waals surface area contributed by atoms with E-state index in [-0.39, 0.29) is 5.91 Å². The molecule has 0 radical (unpaired) electrons. The van der Waals surface area contributed by atoms with Gasteiger partial charge in [-0.1, -0.05) is 6.92 Å². The number of carbonyl (C=O) groups excluding carboxylic acids is 1.